The molecule has 32 heavy (non-hydrogen) atoms. The van der Waals surface area contributed by atoms with Gasteiger partial charge < -0.3 is 15.2 Å². The van der Waals surface area contributed by atoms with E-state index in [-0.39, 0.29) is 18.0 Å². The average molecular weight is 452 g/mol. The number of nitrogens with one attached hydrogen (secondary N) is 1. The molecule has 8 heteroatoms. The summed E-state index contributed by atoms with van der Waals surface area (Å²) in [7, 11) is -3.14. The number of aliphatic hydroxyl groups is 1. The standard InChI is InChI=1S/C24H25N3O4S/c1-3-17-7-8-18-14-25-24(26-19-6-4-5-16(13-19)15-32(2,29)30)27-22(18)23(17)31-21-11-9-20(28)10-12-21/h1,4-8,13-14,20-21,28H,9-12,15H2,2H3,(H,25,26,27)/t20-,21+. The summed E-state index contributed by atoms with van der Waals surface area (Å²) in [4.78, 5) is 9.03. The second-order valence-electron chi connectivity index (χ2n) is 8.16. The van der Waals surface area contributed by atoms with Crippen molar-refractivity contribution in [2.45, 2.75) is 43.6 Å². The first kappa shape index (κ1) is 22.1. The molecule has 1 saturated carbocycles. The Bertz CT molecular complexity index is 1280. The zero-order chi connectivity index (χ0) is 22.7. The minimum absolute atomic E-state index is 0.0323. The molecule has 7 nitrogen and oxygen atoms in total. The number of fused-ring (bicyclic) bond motifs is 1. The van der Waals surface area contributed by atoms with Gasteiger partial charge in [-0.2, -0.15) is 0 Å². The number of sulfone groups is 1. The fourth-order valence-electron chi connectivity index (χ4n) is 3.86. The molecule has 0 aliphatic heterocycles. The number of ether oxygens (including phenoxy) is 1. The minimum atomic E-state index is -3.14. The fraction of sp³-hybridized carbons (Fsp3) is 0.333. The van der Waals surface area contributed by atoms with Gasteiger partial charge in [0.15, 0.2) is 15.6 Å². The van der Waals surface area contributed by atoms with E-state index in [0.29, 0.717) is 46.9 Å². The monoisotopic (exact) mass is 451 g/mol. The molecule has 4 rings (SSSR count). The summed E-state index contributed by atoms with van der Waals surface area (Å²) in [6.07, 6.45) is 11.2. The molecule has 0 saturated heterocycles. The van der Waals surface area contributed by atoms with Crippen molar-refractivity contribution in [2.24, 2.45) is 0 Å². The largest absolute Gasteiger partial charge is 0.487 e. The van der Waals surface area contributed by atoms with Gasteiger partial charge in [0, 0.05) is 23.5 Å². The molecule has 1 aliphatic rings. The average Bonchev–Trinajstić information content (AvgIpc) is 2.74. The lowest BCUT2D eigenvalue weighted by Crippen LogP contribution is -2.26. The number of aliphatic hydroxyl groups excluding tert-OH is 1. The van der Waals surface area contributed by atoms with Crippen LogP contribution in [0.25, 0.3) is 10.9 Å². The Morgan fingerprint density at radius 3 is 2.72 bits per heavy atom. The first-order valence-electron chi connectivity index (χ1n) is 10.5. The van der Waals surface area contributed by atoms with E-state index in [2.05, 4.69) is 21.2 Å². The van der Waals surface area contributed by atoms with E-state index in [1.165, 1.54) is 6.26 Å². The smallest absolute Gasteiger partial charge is 0.227 e. The van der Waals surface area contributed by atoms with Crippen LogP contribution in [0.15, 0.2) is 42.6 Å². The summed E-state index contributed by atoms with van der Waals surface area (Å²) < 4.78 is 29.5. The third-order valence-electron chi connectivity index (χ3n) is 5.40. The number of rotatable bonds is 6. The molecule has 2 N–H and O–H groups in total. The maximum atomic E-state index is 11.6. The summed E-state index contributed by atoms with van der Waals surface area (Å²) in [6.45, 7) is 0. The normalized spacial score (nSPS) is 18.8. The zero-order valence-electron chi connectivity index (χ0n) is 17.8. The third kappa shape index (κ3) is 5.36. The van der Waals surface area contributed by atoms with Gasteiger partial charge in [-0.15, -0.1) is 6.42 Å². The maximum absolute atomic E-state index is 11.6. The van der Waals surface area contributed by atoms with Crippen molar-refractivity contribution in [3.8, 4) is 18.1 Å². The molecular formula is C24H25N3O4S. The van der Waals surface area contributed by atoms with Crippen molar-refractivity contribution >= 4 is 32.4 Å². The molecule has 0 radical (unpaired) electrons. The van der Waals surface area contributed by atoms with E-state index in [1.807, 2.05) is 18.2 Å². The molecule has 166 valence electrons. The molecule has 0 unspecified atom stereocenters. The number of benzene rings is 2. The summed E-state index contributed by atoms with van der Waals surface area (Å²) in [5.74, 6) is 3.53. The number of hydrogen-bond donors (Lipinski definition) is 2. The number of aromatic nitrogens is 2. The summed E-state index contributed by atoms with van der Waals surface area (Å²) >= 11 is 0. The molecule has 1 fully saturated rings. The number of terminal acetylenes is 1. The van der Waals surface area contributed by atoms with Crippen LogP contribution in [0.4, 0.5) is 11.6 Å². The quantitative estimate of drug-likeness (QED) is 0.552. The Kier molecular flexibility index (Phi) is 6.31. The number of hydrogen-bond acceptors (Lipinski definition) is 7. The van der Waals surface area contributed by atoms with Gasteiger partial charge in [-0.25, -0.2) is 18.4 Å². The molecule has 0 atom stereocenters. The highest BCUT2D eigenvalue weighted by atomic mass is 32.2. The van der Waals surface area contributed by atoms with Crippen molar-refractivity contribution in [3.05, 3.63) is 53.7 Å². The molecule has 3 aromatic rings. The van der Waals surface area contributed by atoms with Crippen molar-refractivity contribution in [1.82, 2.24) is 9.97 Å². The van der Waals surface area contributed by atoms with Gasteiger partial charge in [-0.1, -0.05) is 18.1 Å². The Morgan fingerprint density at radius 2 is 2.00 bits per heavy atom. The molecule has 2 aromatic carbocycles. The molecule has 0 amide bonds. The van der Waals surface area contributed by atoms with Gasteiger partial charge in [0.2, 0.25) is 5.95 Å². The first-order valence-corrected chi connectivity index (χ1v) is 12.5. The van der Waals surface area contributed by atoms with Gasteiger partial charge in [0.25, 0.3) is 0 Å². The van der Waals surface area contributed by atoms with Crippen LogP contribution in [-0.2, 0) is 15.6 Å². The van der Waals surface area contributed by atoms with Crippen molar-refractivity contribution < 1.29 is 18.3 Å². The molecule has 1 aromatic heterocycles. The summed E-state index contributed by atoms with van der Waals surface area (Å²) in [5.41, 5.74) is 2.58. The van der Waals surface area contributed by atoms with Crippen LogP contribution in [0, 0.1) is 12.3 Å². The van der Waals surface area contributed by atoms with Crippen molar-refractivity contribution in [3.63, 3.8) is 0 Å². The Balaban J connectivity index is 1.64. The number of anilines is 2. The van der Waals surface area contributed by atoms with Gasteiger partial charge in [0.05, 0.1) is 23.5 Å². The van der Waals surface area contributed by atoms with Crippen LogP contribution in [0.1, 0.15) is 36.8 Å². The fourth-order valence-corrected chi connectivity index (χ4v) is 4.65. The van der Waals surface area contributed by atoms with Crippen molar-refractivity contribution in [2.75, 3.05) is 11.6 Å². The van der Waals surface area contributed by atoms with E-state index < -0.39 is 9.84 Å². The zero-order valence-corrected chi connectivity index (χ0v) is 18.6. The molecule has 1 heterocycles. The van der Waals surface area contributed by atoms with Crippen LogP contribution in [0.5, 0.6) is 5.75 Å². The highest BCUT2D eigenvalue weighted by molar-refractivity contribution is 7.89. The van der Waals surface area contributed by atoms with E-state index >= 15 is 0 Å². The summed E-state index contributed by atoms with van der Waals surface area (Å²) in [6, 6.07) is 10.8. The molecule has 0 spiro atoms. The van der Waals surface area contributed by atoms with Crippen LogP contribution in [0.3, 0.4) is 0 Å². The molecular weight excluding hydrogens is 426 g/mol. The second kappa shape index (κ2) is 9.15. The number of nitrogens with zero attached hydrogens (tertiary/aromatic N) is 2. The Morgan fingerprint density at radius 1 is 1.22 bits per heavy atom. The van der Waals surface area contributed by atoms with E-state index in [0.717, 1.165) is 18.2 Å². The van der Waals surface area contributed by atoms with Crippen molar-refractivity contribution in [1.29, 1.82) is 0 Å². The highest BCUT2D eigenvalue weighted by Crippen LogP contribution is 2.32. The predicted molar refractivity (Wildman–Crippen MR) is 125 cm³/mol. The van der Waals surface area contributed by atoms with E-state index in [1.54, 1.807) is 24.4 Å². The second-order valence-corrected chi connectivity index (χ2v) is 10.3. The first-order chi connectivity index (χ1) is 15.3. The molecule has 0 bridgehead atoms. The lowest BCUT2D eigenvalue weighted by molar-refractivity contribution is 0.0671. The van der Waals surface area contributed by atoms with Gasteiger partial charge >= 0.3 is 0 Å². The minimum Gasteiger partial charge on any atom is -0.487 e. The van der Waals surface area contributed by atoms with E-state index in [4.69, 9.17) is 11.2 Å². The molecule has 1 aliphatic carbocycles. The SMILES string of the molecule is C#Cc1ccc2cnc(Nc3cccc(CS(C)(=O)=O)c3)nc2c1O[C@H]1CC[C@@H](O)CC1. The van der Waals surface area contributed by atoms with Crippen LogP contribution in [-0.4, -0.2) is 42.0 Å². The van der Waals surface area contributed by atoms with Gasteiger partial charge in [-0.05, 0) is 55.5 Å². The van der Waals surface area contributed by atoms with Crippen LogP contribution >= 0.6 is 0 Å². The van der Waals surface area contributed by atoms with Crippen LogP contribution in [0.2, 0.25) is 0 Å². The lowest BCUT2D eigenvalue weighted by Gasteiger charge is -2.27. The highest BCUT2D eigenvalue weighted by Gasteiger charge is 2.23. The maximum Gasteiger partial charge on any atom is 0.227 e. The Labute approximate surface area is 187 Å². The predicted octanol–water partition coefficient (Wildman–Crippen LogP) is 3.58. The topological polar surface area (TPSA) is 101 Å². The van der Waals surface area contributed by atoms with Gasteiger partial charge in [-0.3, -0.25) is 0 Å². The lowest BCUT2D eigenvalue weighted by atomic mass is 9.95. The van der Waals surface area contributed by atoms with Gasteiger partial charge in [0.1, 0.15) is 5.52 Å². The van der Waals surface area contributed by atoms with Crippen LogP contribution < -0.4 is 10.1 Å². The van der Waals surface area contributed by atoms with E-state index in [9.17, 15) is 13.5 Å². The third-order valence-corrected chi connectivity index (χ3v) is 6.26. The summed E-state index contributed by atoms with van der Waals surface area (Å²) in [5, 5.41) is 13.7. The Hall–Kier alpha value is -3.15.